The zero-order valence-electron chi connectivity index (χ0n) is 11.1. The number of ether oxygens (including phenoxy) is 1. The van der Waals surface area contributed by atoms with Crippen molar-refractivity contribution < 1.29 is 9.66 Å². The Hall–Kier alpha value is -2.16. The number of para-hydroxylation sites is 2. The Bertz CT molecular complexity index is 643. The summed E-state index contributed by atoms with van der Waals surface area (Å²) in [5.41, 5.74) is -0.0229. The molecule has 3 rings (SSSR count). The third-order valence-corrected chi connectivity index (χ3v) is 3.89. The van der Waals surface area contributed by atoms with E-state index in [2.05, 4.69) is 15.5 Å². The Labute approximate surface area is 124 Å². The molecule has 0 aliphatic heterocycles. The van der Waals surface area contributed by atoms with E-state index in [1.165, 1.54) is 17.8 Å². The van der Waals surface area contributed by atoms with Crippen molar-refractivity contribution in [2.24, 2.45) is 0 Å². The van der Waals surface area contributed by atoms with Crippen LogP contribution in [0, 0.1) is 10.1 Å². The van der Waals surface area contributed by atoms with E-state index in [-0.39, 0.29) is 11.4 Å². The van der Waals surface area contributed by atoms with Crippen molar-refractivity contribution >= 4 is 17.4 Å². The topological polar surface area (TPSA) is 96.0 Å². The fourth-order valence-electron chi connectivity index (χ4n) is 1.84. The van der Waals surface area contributed by atoms with Crippen molar-refractivity contribution in [3.63, 3.8) is 0 Å². The van der Waals surface area contributed by atoms with E-state index < -0.39 is 4.92 Å². The molecule has 0 saturated heterocycles. The molecule has 0 radical (unpaired) electrons. The fourth-order valence-corrected chi connectivity index (χ4v) is 2.60. The van der Waals surface area contributed by atoms with Crippen molar-refractivity contribution in [2.75, 3.05) is 12.4 Å². The first-order valence-electron chi connectivity index (χ1n) is 6.52. The molecule has 1 saturated carbocycles. The number of hydrogen-bond acceptors (Lipinski definition) is 7. The van der Waals surface area contributed by atoms with Gasteiger partial charge in [-0.2, -0.15) is 0 Å². The van der Waals surface area contributed by atoms with Gasteiger partial charge >= 0.3 is 5.69 Å². The third-order valence-electron chi connectivity index (χ3n) is 2.99. The highest BCUT2D eigenvalue weighted by molar-refractivity contribution is 7.99. The number of rotatable bonds is 7. The molecular formula is C12H13N5O3S. The molecular weight excluding hydrogens is 294 g/mol. The van der Waals surface area contributed by atoms with Gasteiger partial charge in [-0.25, -0.2) is 4.68 Å². The first-order valence-corrected chi connectivity index (χ1v) is 7.51. The first kappa shape index (κ1) is 13.8. The zero-order chi connectivity index (χ0) is 14.7. The van der Waals surface area contributed by atoms with Gasteiger partial charge in [-0.15, -0.1) is 5.10 Å². The summed E-state index contributed by atoms with van der Waals surface area (Å²) < 4.78 is 7.30. The number of nitrogens with zero attached hydrogens (tertiary/aromatic N) is 5. The summed E-state index contributed by atoms with van der Waals surface area (Å²) in [4.78, 5) is 10.4. The van der Waals surface area contributed by atoms with Crippen molar-refractivity contribution in [2.45, 2.75) is 24.0 Å². The lowest BCUT2D eigenvalue weighted by Gasteiger charge is -2.06. The van der Waals surface area contributed by atoms with Gasteiger partial charge in [-0.1, -0.05) is 23.9 Å². The predicted octanol–water partition coefficient (Wildman–Crippen LogP) is 2.09. The maximum atomic E-state index is 10.9. The van der Waals surface area contributed by atoms with Crippen LogP contribution in [-0.4, -0.2) is 37.5 Å². The maximum absolute atomic E-state index is 10.9. The molecule has 0 unspecified atom stereocenters. The summed E-state index contributed by atoms with van der Waals surface area (Å²) in [7, 11) is 0. The minimum Gasteiger partial charge on any atom is -0.486 e. The average Bonchev–Trinajstić information content (AvgIpc) is 3.23. The van der Waals surface area contributed by atoms with E-state index in [4.69, 9.17) is 4.74 Å². The molecule has 1 aliphatic carbocycles. The minimum absolute atomic E-state index is 0.0229. The van der Waals surface area contributed by atoms with Crippen LogP contribution < -0.4 is 4.74 Å². The molecule has 1 heterocycles. The number of aromatic nitrogens is 4. The normalized spacial score (nSPS) is 14.1. The van der Waals surface area contributed by atoms with Crippen LogP contribution in [0.5, 0.6) is 5.75 Å². The smallest absolute Gasteiger partial charge is 0.310 e. The summed E-state index contributed by atoms with van der Waals surface area (Å²) in [6.45, 7) is 0.354. The largest absolute Gasteiger partial charge is 0.486 e. The second-order valence-corrected chi connectivity index (χ2v) is 5.62. The second kappa shape index (κ2) is 6.08. The Morgan fingerprint density at radius 2 is 2.24 bits per heavy atom. The number of nitro benzene ring substituents is 1. The van der Waals surface area contributed by atoms with Crippen LogP contribution in [0.2, 0.25) is 0 Å². The molecule has 2 aromatic rings. The van der Waals surface area contributed by atoms with Crippen LogP contribution in [0.4, 0.5) is 5.69 Å². The van der Waals surface area contributed by atoms with Crippen LogP contribution in [-0.2, 0) is 0 Å². The lowest BCUT2D eigenvalue weighted by Crippen LogP contribution is -2.04. The predicted molar refractivity (Wildman–Crippen MR) is 75.4 cm³/mol. The highest BCUT2D eigenvalue weighted by atomic mass is 32.2. The molecule has 21 heavy (non-hydrogen) atoms. The summed E-state index contributed by atoms with van der Waals surface area (Å²) in [6.07, 6.45) is 2.23. The Kier molecular flexibility index (Phi) is 4.00. The summed E-state index contributed by atoms with van der Waals surface area (Å²) in [5, 5.41) is 23.2. The molecule has 0 bridgehead atoms. The van der Waals surface area contributed by atoms with Gasteiger partial charge in [0.15, 0.2) is 5.75 Å². The number of hydrogen-bond donors (Lipinski definition) is 0. The second-order valence-electron chi connectivity index (χ2n) is 4.56. The summed E-state index contributed by atoms with van der Waals surface area (Å²) in [6, 6.07) is 6.78. The molecule has 8 nitrogen and oxygen atoms in total. The van der Waals surface area contributed by atoms with E-state index in [0.29, 0.717) is 18.4 Å². The van der Waals surface area contributed by atoms with Crippen LogP contribution in [0.15, 0.2) is 29.4 Å². The number of nitro groups is 1. The average molecular weight is 307 g/mol. The van der Waals surface area contributed by atoms with Crippen molar-refractivity contribution in [3.8, 4) is 5.75 Å². The van der Waals surface area contributed by atoms with Crippen LogP contribution >= 0.6 is 11.8 Å². The van der Waals surface area contributed by atoms with Gasteiger partial charge in [0.25, 0.3) is 0 Å². The number of tetrazole rings is 1. The lowest BCUT2D eigenvalue weighted by molar-refractivity contribution is -0.385. The molecule has 110 valence electrons. The Morgan fingerprint density at radius 1 is 1.43 bits per heavy atom. The molecule has 0 atom stereocenters. The number of thioether (sulfide) groups is 1. The number of benzene rings is 1. The minimum atomic E-state index is -0.448. The molecule has 0 amide bonds. The summed E-state index contributed by atoms with van der Waals surface area (Å²) in [5.74, 6) is 0.906. The molecule has 9 heteroatoms. The van der Waals surface area contributed by atoms with E-state index in [1.54, 1.807) is 18.2 Å². The Balaban J connectivity index is 1.52. The van der Waals surface area contributed by atoms with Gasteiger partial charge in [0.1, 0.15) is 0 Å². The van der Waals surface area contributed by atoms with E-state index in [9.17, 15) is 10.1 Å². The van der Waals surface area contributed by atoms with Gasteiger partial charge < -0.3 is 4.74 Å². The molecule has 1 aliphatic rings. The zero-order valence-corrected chi connectivity index (χ0v) is 11.9. The molecule has 1 aromatic carbocycles. The first-order chi connectivity index (χ1) is 10.3. The monoisotopic (exact) mass is 307 g/mol. The molecule has 1 aromatic heterocycles. The van der Waals surface area contributed by atoms with E-state index in [0.717, 1.165) is 18.0 Å². The van der Waals surface area contributed by atoms with Crippen molar-refractivity contribution in [1.29, 1.82) is 0 Å². The summed E-state index contributed by atoms with van der Waals surface area (Å²) >= 11 is 1.49. The van der Waals surface area contributed by atoms with Gasteiger partial charge in [0.05, 0.1) is 17.6 Å². The third kappa shape index (κ3) is 3.30. The van der Waals surface area contributed by atoms with Crippen LogP contribution in [0.3, 0.4) is 0 Å². The van der Waals surface area contributed by atoms with Crippen LogP contribution in [0.25, 0.3) is 0 Å². The van der Waals surface area contributed by atoms with Gasteiger partial charge in [0, 0.05) is 11.8 Å². The highest BCUT2D eigenvalue weighted by Gasteiger charge is 2.27. The Morgan fingerprint density at radius 3 is 3.00 bits per heavy atom. The lowest BCUT2D eigenvalue weighted by atomic mass is 10.3. The maximum Gasteiger partial charge on any atom is 0.310 e. The standard InChI is InChI=1S/C12H13N5O3S/c18-17(19)10-3-1-2-4-11(10)20-7-8-21-12-13-14-15-16(12)9-5-6-9/h1-4,9H,5-8H2. The van der Waals surface area contributed by atoms with Gasteiger partial charge in [-0.05, 0) is 29.3 Å². The van der Waals surface area contributed by atoms with Crippen molar-refractivity contribution in [1.82, 2.24) is 20.2 Å². The molecule has 1 fully saturated rings. The fraction of sp³-hybridized carbons (Fsp3) is 0.417. The molecule has 0 spiro atoms. The quantitative estimate of drug-likeness (QED) is 0.334. The highest BCUT2D eigenvalue weighted by Crippen LogP contribution is 2.36. The van der Waals surface area contributed by atoms with E-state index >= 15 is 0 Å². The van der Waals surface area contributed by atoms with Crippen LogP contribution in [0.1, 0.15) is 18.9 Å². The molecule has 0 N–H and O–H groups in total. The SMILES string of the molecule is O=[N+]([O-])c1ccccc1OCCSc1nnnn1C1CC1. The van der Waals surface area contributed by atoms with E-state index in [1.807, 2.05) is 4.68 Å². The van der Waals surface area contributed by atoms with Gasteiger partial charge in [0.2, 0.25) is 5.16 Å². The van der Waals surface area contributed by atoms with Gasteiger partial charge in [-0.3, -0.25) is 10.1 Å². The van der Waals surface area contributed by atoms with Crippen molar-refractivity contribution in [3.05, 3.63) is 34.4 Å².